The first-order valence-electron chi connectivity index (χ1n) is 10.2. The van der Waals surface area contributed by atoms with Crippen molar-refractivity contribution in [1.29, 1.82) is 5.26 Å². The van der Waals surface area contributed by atoms with Crippen LogP contribution in [0.3, 0.4) is 0 Å². The first-order valence-corrected chi connectivity index (χ1v) is 11.7. The maximum absolute atomic E-state index is 12.6. The Morgan fingerprint density at radius 1 is 1.16 bits per heavy atom. The van der Waals surface area contributed by atoms with Gasteiger partial charge in [-0.25, -0.2) is 13.1 Å². The van der Waals surface area contributed by atoms with Gasteiger partial charge in [0.05, 0.1) is 0 Å². The summed E-state index contributed by atoms with van der Waals surface area (Å²) in [6.07, 6.45) is 0. The molecule has 0 aliphatic heterocycles. The van der Waals surface area contributed by atoms with Gasteiger partial charge in [0.1, 0.15) is 17.6 Å². The summed E-state index contributed by atoms with van der Waals surface area (Å²) in [6.45, 7) is 3.12. The van der Waals surface area contributed by atoms with E-state index in [0.29, 0.717) is 11.5 Å². The van der Waals surface area contributed by atoms with Crippen molar-refractivity contribution in [1.82, 2.24) is 4.72 Å². The highest BCUT2D eigenvalue weighted by molar-refractivity contribution is 7.93. The van der Waals surface area contributed by atoms with E-state index in [4.69, 9.17) is 9.52 Å². The molecule has 0 aliphatic rings. The highest BCUT2D eigenvalue weighted by Gasteiger charge is 2.23. The van der Waals surface area contributed by atoms with E-state index in [1.165, 1.54) is 0 Å². The van der Waals surface area contributed by atoms with Crippen molar-refractivity contribution in [2.24, 2.45) is 5.92 Å². The first kappa shape index (κ1) is 23.5. The molecule has 0 saturated carbocycles. The van der Waals surface area contributed by atoms with Crippen molar-refractivity contribution in [3.63, 3.8) is 0 Å². The number of sulfonamides is 1. The number of fused-ring (bicyclic) bond motifs is 1. The van der Waals surface area contributed by atoms with Gasteiger partial charge < -0.3 is 14.4 Å². The van der Waals surface area contributed by atoms with Crippen LogP contribution >= 0.6 is 0 Å². The molecule has 2 N–H and O–H groups in total. The minimum atomic E-state index is -4.03. The average molecular weight is 454 g/mol. The second-order valence-electron chi connectivity index (χ2n) is 8.01. The van der Waals surface area contributed by atoms with E-state index < -0.39 is 14.9 Å². The fraction of sp³-hybridized carbons (Fsp3) is 0.292. The van der Waals surface area contributed by atoms with Crippen LogP contribution < -0.4 is 9.62 Å². The summed E-state index contributed by atoms with van der Waals surface area (Å²) in [4.78, 5) is 1.64. The molecule has 0 bridgehead atoms. The molecule has 7 nitrogen and oxygen atoms in total. The van der Waals surface area contributed by atoms with Gasteiger partial charge in [-0.1, -0.05) is 25.1 Å². The number of benzene rings is 2. The number of hydrogen-bond donors (Lipinski definition) is 2. The Morgan fingerprint density at radius 3 is 2.50 bits per heavy atom. The smallest absolute Gasteiger partial charge is 0.251 e. The number of nitriles is 1. The van der Waals surface area contributed by atoms with E-state index in [-0.39, 0.29) is 24.6 Å². The van der Waals surface area contributed by atoms with Crippen LogP contribution in [-0.4, -0.2) is 40.8 Å². The molecule has 0 aliphatic carbocycles. The summed E-state index contributed by atoms with van der Waals surface area (Å²) in [6, 6.07) is 17.4. The lowest BCUT2D eigenvalue weighted by atomic mass is 10.0. The molecule has 168 valence electrons. The van der Waals surface area contributed by atoms with Gasteiger partial charge in [-0.2, -0.15) is 5.26 Å². The predicted octanol–water partition coefficient (Wildman–Crippen LogP) is 3.97. The van der Waals surface area contributed by atoms with E-state index in [1.807, 2.05) is 49.3 Å². The third-order valence-electron chi connectivity index (χ3n) is 5.24. The summed E-state index contributed by atoms with van der Waals surface area (Å²) >= 11 is 0. The number of nitrogens with one attached hydrogen (secondary N) is 1. The SMILES string of the molecule is C/C(=C(/C#N)S(=O)(=O)NCC(C)CO)c1ccc(-c2ccc3cc(N(C)C)ccc3c2)o1. The monoisotopic (exact) mass is 453 g/mol. The molecule has 2 aromatic carbocycles. The maximum atomic E-state index is 12.6. The lowest BCUT2D eigenvalue weighted by Gasteiger charge is -2.13. The number of aliphatic hydroxyl groups is 1. The second kappa shape index (κ2) is 9.57. The van der Waals surface area contributed by atoms with E-state index >= 15 is 0 Å². The molecule has 3 rings (SSSR count). The average Bonchev–Trinajstić information content (AvgIpc) is 3.27. The Balaban J connectivity index is 1.92. The van der Waals surface area contributed by atoms with Crippen molar-refractivity contribution in [3.05, 3.63) is 59.2 Å². The normalized spacial score (nSPS) is 13.5. The highest BCUT2D eigenvalue weighted by Crippen LogP contribution is 2.31. The molecule has 0 radical (unpaired) electrons. The van der Waals surface area contributed by atoms with Gasteiger partial charge in [0.15, 0.2) is 4.91 Å². The molecule has 1 aromatic heterocycles. The van der Waals surface area contributed by atoms with Gasteiger partial charge >= 0.3 is 0 Å². The number of hydrogen-bond acceptors (Lipinski definition) is 6. The fourth-order valence-corrected chi connectivity index (χ4v) is 4.48. The van der Waals surface area contributed by atoms with E-state index in [1.54, 1.807) is 32.0 Å². The topological polar surface area (TPSA) is 107 Å². The molecule has 0 amide bonds. The van der Waals surface area contributed by atoms with Gasteiger partial charge in [-0.05, 0) is 53.9 Å². The summed E-state index contributed by atoms with van der Waals surface area (Å²) in [7, 11) is -0.0384. The van der Waals surface area contributed by atoms with Crippen molar-refractivity contribution in [2.75, 3.05) is 32.1 Å². The number of allylic oxidation sites excluding steroid dienone is 2. The number of aliphatic hydroxyl groups excluding tert-OH is 1. The summed E-state index contributed by atoms with van der Waals surface area (Å²) in [5.74, 6) is 0.622. The summed E-state index contributed by atoms with van der Waals surface area (Å²) < 4.78 is 33.4. The quantitative estimate of drug-likeness (QED) is 0.500. The van der Waals surface area contributed by atoms with Crippen molar-refractivity contribution in [3.8, 4) is 17.4 Å². The van der Waals surface area contributed by atoms with E-state index in [2.05, 4.69) is 10.8 Å². The highest BCUT2D eigenvalue weighted by atomic mass is 32.2. The third-order valence-corrected chi connectivity index (χ3v) is 6.73. The molecule has 0 spiro atoms. The second-order valence-corrected chi connectivity index (χ2v) is 9.71. The van der Waals surface area contributed by atoms with Crippen LogP contribution in [0, 0.1) is 17.2 Å². The first-order chi connectivity index (χ1) is 15.2. The Labute approximate surface area is 188 Å². The van der Waals surface area contributed by atoms with Crippen LogP contribution in [0.4, 0.5) is 5.69 Å². The van der Waals surface area contributed by atoms with Crippen LogP contribution in [0.1, 0.15) is 19.6 Å². The molecule has 0 fully saturated rings. The van der Waals surface area contributed by atoms with Crippen LogP contribution in [0.2, 0.25) is 0 Å². The van der Waals surface area contributed by atoms with Crippen molar-refractivity contribution >= 4 is 32.1 Å². The van der Waals surface area contributed by atoms with Crippen molar-refractivity contribution in [2.45, 2.75) is 13.8 Å². The lowest BCUT2D eigenvalue weighted by Crippen LogP contribution is -2.30. The number of rotatable bonds is 8. The van der Waals surface area contributed by atoms with E-state index in [9.17, 15) is 13.7 Å². The predicted molar refractivity (Wildman–Crippen MR) is 127 cm³/mol. The van der Waals surface area contributed by atoms with Gasteiger partial charge in [-0.3, -0.25) is 0 Å². The Hall–Kier alpha value is -3.12. The number of anilines is 1. The molecule has 1 unspecified atom stereocenters. The summed E-state index contributed by atoms with van der Waals surface area (Å²) in [5, 5.41) is 20.8. The molecule has 0 saturated heterocycles. The number of nitrogens with zero attached hydrogens (tertiary/aromatic N) is 2. The van der Waals surface area contributed by atoms with Gasteiger partial charge in [-0.15, -0.1) is 0 Å². The molecule has 1 heterocycles. The zero-order valence-electron chi connectivity index (χ0n) is 18.6. The van der Waals surface area contributed by atoms with Gasteiger partial charge in [0.25, 0.3) is 10.0 Å². The van der Waals surface area contributed by atoms with Crippen LogP contribution in [0.25, 0.3) is 27.7 Å². The van der Waals surface area contributed by atoms with E-state index in [0.717, 1.165) is 22.0 Å². The molecule has 1 atom stereocenters. The molecular weight excluding hydrogens is 426 g/mol. The summed E-state index contributed by atoms with van der Waals surface area (Å²) in [5.41, 5.74) is 2.18. The van der Waals surface area contributed by atoms with Gasteiger partial charge in [0.2, 0.25) is 0 Å². The minimum absolute atomic E-state index is 0.0350. The molecular formula is C24H27N3O4S. The Bertz CT molecular complexity index is 1300. The fourth-order valence-electron chi connectivity index (χ4n) is 3.21. The van der Waals surface area contributed by atoms with Crippen LogP contribution in [0.15, 0.2) is 57.9 Å². The Morgan fingerprint density at radius 2 is 1.84 bits per heavy atom. The molecule has 32 heavy (non-hydrogen) atoms. The third kappa shape index (κ3) is 5.02. The number of furan rings is 1. The van der Waals surface area contributed by atoms with Crippen LogP contribution in [0.5, 0.6) is 0 Å². The Kier molecular flexibility index (Phi) is 7.04. The molecule has 8 heteroatoms. The zero-order valence-corrected chi connectivity index (χ0v) is 19.4. The standard InChI is InChI=1S/C24H27N3O4S/c1-16(15-28)14-26-32(29,30)24(13-25)17(2)22-9-10-23(31-22)20-6-5-19-12-21(27(3)4)8-7-18(19)11-20/h5-12,16,26,28H,14-15H2,1-4H3/b24-17+. The van der Waals surface area contributed by atoms with Gasteiger partial charge in [0, 0.05) is 44.1 Å². The van der Waals surface area contributed by atoms with Crippen LogP contribution in [-0.2, 0) is 10.0 Å². The molecule has 3 aromatic rings. The van der Waals surface area contributed by atoms with Crippen molar-refractivity contribution < 1.29 is 17.9 Å². The minimum Gasteiger partial charge on any atom is -0.456 e. The zero-order chi connectivity index (χ0) is 23.5. The lowest BCUT2D eigenvalue weighted by molar-refractivity contribution is 0.239. The largest absolute Gasteiger partial charge is 0.456 e. The maximum Gasteiger partial charge on any atom is 0.251 e.